The van der Waals surface area contributed by atoms with Crippen molar-refractivity contribution in [3.63, 3.8) is 0 Å². The average molecular weight is 301 g/mol. The zero-order chi connectivity index (χ0) is 14.0. The molecule has 0 aliphatic rings. The van der Waals surface area contributed by atoms with Crippen molar-refractivity contribution in [2.24, 2.45) is 0 Å². The van der Waals surface area contributed by atoms with Gasteiger partial charge < -0.3 is 0 Å². The highest BCUT2D eigenvalue weighted by Gasteiger charge is 2.23. The minimum Gasteiger partial charge on any atom is -0.296 e. The summed E-state index contributed by atoms with van der Waals surface area (Å²) in [7, 11) is 1.45. The van der Waals surface area contributed by atoms with E-state index in [2.05, 4.69) is 15.2 Å². The van der Waals surface area contributed by atoms with E-state index in [4.69, 9.17) is 10.7 Å². The molecular formula is C11H13ClN4O2S. The molecule has 0 aliphatic heterocycles. The molecule has 6 nitrogen and oxygen atoms in total. The number of pyridine rings is 1. The topological polar surface area (TPSA) is 77.7 Å². The molecule has 0 fully saturated rings. The number of aryl methyl sites for hydroxylation is 1. The van der Waals surface area contributed by atoms with Crippen LogP contribution in [0.3, 0.4) is 0 Å². The van der Waals surface area contributed by atoms with Gasteiger partial charge in [0, 0.05) is 23.4 Å². The molecule has 0 atom stereocenters. The summed E-state index contributed by atoms with van der Waals surface area (Å²) in [5, 5.41) is 7.36. The van der Waals surface area contributed by atoms with Crippen molar-refractivity contribution in [3.05, 3.63) is 23.9 Å². The van der Waals surface area contributed by atoms with Gasteiger partial charge in [-0.15, -0.1) is 10.2 Å². The molecule has 0 N–H and O–H groups in total. The molecule has 0 amide bonds. The van der Waals surface area contributed by atoms with E-state index in [1.807, 2.05) is 19.9 Å². The van der Waals surface area contributed by atoms with Gasteiger partial charge in [0.2, 0.25) is 0 Å². The summed E-state index contributed by atoms with van der Waals surface area (Å²) in [6.45, 7) is 4.27. The van der Waals surface area contributed by atoms with Crippen molar-refractivity contribution in [3.8, 4) is 11.5 Å². The second kappa shape index (κ2) is 5.26. The Morgan fingerprint density at radius 2 is 2.11 bits per heavy atom. The van der Waals surface area contributed by atoms with E-state index in [0.29, 0.717) is 18.1 Å². The van der Waals surface area contributed by atoms with Crippen LogP contribution in [0, 0.1) is 6.92 Å². The third-order valence-electron chi connectivity index (χ3n) is 2.60. The summed E-state index contributed by atoms with van der Waals surface area (Å²) < 4.78 is 24.4. The zero-order valence-corrected chi connectivity index (χ0v) is 12.1. The van der Waals surface area contributed by atoms with E-state index in [-0.39, 0.29) is 5.16 Å². The summed E-state index contributed by atoms with van der Waals surface area (Å²) in [5.74, 6) is 0.416. The number of rotatable bonds is 4. The van der Waals surface area contributed by atoms with Gasteiger partial charge >= 0.3 is 0 Å². The number of halogens is 1. The quantitative estimate of drug-likeness (QED) is 0.807. The van der Waals surface area contributed by atoms with Gasteiger partial charge in [-0.05, 0) is 25.0 Å². The van der Waals surface area contributed by atoms with Gasteiger partial charge in [-0.25, -0.2) is 8.42 Å². The van der Waals surface area contributed by atoms with Crippen molar-refractivity contribution < 1.29 is 8.42 Å². The lowest BCUT2D eigenvalue weighted by molar-refractivity contribution is 0.569. The van der Waals surface area contributed by atoms with Gasteiger partial charge in [0.05, 0.1) is 0 Å². The van der Waals surface area contributed by atoms with E-state index < -0.39 is 9.05 Å². The molecule has 0 saturated heterocycles. The van der Waals surface area contributed by atoms with Crippen LogP contribution >= 0.6 is 10.7 Å². The molecule has 0 unspecified atom stereocenters. The average Bonchev–Trinajstić information content (AvgIpc) is 2.74. The molecule has 2 heterocycles. The van der Waals surface area contributed by atoms with Crippen LogP contribution in [0.1, 0.15) is 18.9 Å². The Bertz CT molecular complexity index is 696. The van der Waals surface area contributed by atoms with Crippen LogP contribution < -0.4 is 0 Å². The van der Waals surface area contributed by atoms with E-state index >= 15 is 0 Å². The maximum atomic E-state index is 11.5. The zero-order valence-electron chi connectivity index (χ0n) is 10.5. The van der Waals surface area contributed by atoms with Gasteiger partial charge in [-0.3, -0.25) is 9.55 Å². The van der Waals surface area contributed by atoms with Crippen LogP contribution in [0.25, 0.3) is 11.5 Å². The monoisotopic (exact) mass is 300 g/mol. The fourth-order valence-corrected chi connectivity index (χ4v) is 2.71. The molecule has 0 radical (unpaired) electrons. The molecule has 2 rings (SSSR count). The van der Waals surface area contributed by atoms with Crippen LogP contribution in [0.15, 0.2) is 23.5 Å². The van der Waals surface area contributed by atoms with E-state index in [0.717, 1.165) is 12.0 Å². The lowest BCUT2D eigenvalue weighted by Gasteiger charge is -2.08. The molecule has 0 bridgehead atoms. The largest absolute Gasteiger partial charge is 0.296 e. The van der Waals surface area contributed by atoms with Crippen LogP contribution in [0.4, 0.5) is 0 Å². The number of hydrogen-bond acceptors (Lipinski definition) is 5. The molecule has 2 aromatic heterocycles. The predicted molar refractivity (Wildman–Crippen MR) is 71.3 cm³/mol. The van der Waals surface area contributed by atoms with Crippen LogP contribution in [-0.2, 0) is 15.6 Å². The number of aromatic nitrogens is 4. The van der Waals surface area contributed by atoms with E-state index in [1.165, 1.54) is 4.57 Å². The van der Waals surface area contributed by atoms with Crippen molar-refractivity contribution in [2.45, 2.75) is 32.0 Å². The normalized spacial score (nSPS) is 11.7. The fraction of sp³-hybridized carbons (Fsp3) is 0.364. The molecule has 19 heavy (non-hydrogen) atoms. The van der Waals surface area contributed by atoms with E-state index in [9.17, 15) is 8.42 Å². The maximum absolute atomic E-state index is 11.5. The van der Waals surface area contributed by atoms with Crippen molar-refractivity contribution >= 4 is 19.7 Å². The van der Waals surface area contributed by atoms with Crippen molar-refractivity contribution in [2.75, 3.05) is 0 Å². The number of nitrogens with zero attached hydrogens (tertiary/aromatic N) is 4. The van der Waals surface area contributed by atoms with Gasteiger partial charge in [-0.2, -0.15) is 0 Å². The summed E-state index contributed by atoms with van der Waals surface area (Å²) in [4.78, 5) is 4.23. The summed E-state index contributed by atoms with van der Waals surface area (Å²) >= 11 is 0. The van der Waals surface area contributed by atoms with Crippen molar-refractivity contribution in [1.29, 1.82) is 0 Å². The Hall–Kier alpha value is -1.47. The Balaban J connectivity index is 2.66. The Morgan fingerprint density at radius 3 is 2.68 bits per heavy atom. The molecule has 0 saturated carbocycles. The first-order chi connectivity index (χ1) is 8.95. The molecule has 0 aromatic carbocycles. The van der Waals surface area contributed by atoms with Crippen LogP contribution in [-0.4, -0.2) is 28.2 Å². The molecule has 2 aromatic rings. The summed E-state index contributed by atoms with van der Waals surface area (Å²) in [6, 6.07) is 3.68. The van der Waals surface area contributed by atoms with Gasteiger partial charge in [-0.1, -0.05) is 13.0 Å². The fourth-order valence-electron chi connectivity index (χ4n) is 1.79. The molecule has 0 spiro atoms. The minimum atomic E-state index is -3.92. The van der Waals surface area contributed by atoms with Crippen molar-refractivity contribution in [1.82, 2.24) is 19.7 Å². The first-order valence-corrected chi connectivity index (χ1v) is 8.06. The maximum Gasteiger partial charge on any atom is 0.296 e. The van der Waals surface area contributed by atoms with Gasteiger partial charge in [0.25, 0.3) is 14.2 Å². The second-order valence-electron chi connectivity index (χ2n) is 4.06. The smallest absolute Gasteiger partial charge is 0.296 e. The Kier molecular flexibility index (Phi) is 3.86. The Labute approximate surface area is 115 Å². The lowest BCUT2D eigenvalue weighted by Crippen LogP contribution is -2.08. The van der Waals surface area contributed by atoms with Gasteiger partial charge in [0.15, 0.2) is 5.82 Å². The SMILES string of the molecule is CCCn1c(-c2ncccc2C)nnc1S(=O)(=O)Cl. The summed E-state index contributed by atoms with van der Waals surface area (Å²) in [5.41, 5.74) is 1.50. The molecule has 102 valence electrons. The first kappa shape index (κ1) is 14.0. The third-order valence-corrected chi connectivity index (χ3v) is 3.76. The second-order valence-corrected chi connectivity index (χ2v) is 6.52. The minimum absolute atomic E-state index is 0.240. The highest BCUT2D eigenvalue weighted by Crippen LogP contribution is 2.23. The van der Waals surface area contributed by atoms with Gasteiger partial charge in [0.1, 0.15) is 5.69 Å². The third kappa shape index (κ3) is 2.76. The van der Waals surface area contributed by atoms with Crippen LogP contribution in [0.5, 0.6) is 0 Å². The molecular weight excluding hydrogens is 288 g/mol. The molecule has 0 aliphatic carbocycles. The summed E-state index contributed by atoms with van der Waals surface area (Å²) in [6.07, 6.45) is 2.36. The highest BCUT2D eigenvalue weighted by atomic mass is 35.7. The molecule has 8 heteroatoms. The Morgan fingerprint density at radius 1 is 1.37 bits per heavy atom. The van der Waals surface area contributed by atoms with Crippen LogP contribution in [0.2, 0.25) is 0 Å². The lowest BCUT2D eigenvalue weighted by atomic mass is 10.2. The predicted octanol–water partition coefficient (Wildman–Crippen LogP) is 1.99. The highest BCUT2D eigenvalue weighted by molar-refractivity contribution is 8.13. The standard InChI is InChI=1S/C11H13ClN4O2S/c1-3-7-16-10(9-8(2)5-4-6-13-9)14-15-11(16)19(12,17)18/h4-6H,3,7H2,1-2H3. The first-order valence-electron chi connectivity index (χ1n) is 5.75. The number of hydrogen-bond donors (Lipinski definition) is 0. The van der Waals surface area contributed by atoms with E-state index in [1.54, 1.807) is 12.3 Å².